The van der Waals surface area contributed by atoms with E-state index in [1.807, 2.05) is 12.1 Å². The van der Waals surface area contributed by atoms with Gasteiger partial charge in [-0.1, -0.05) is 11.6 Å². The Morgan fingerprint density at radius 2 is 2.06 bits per heavy atom. The van der Waals surface area contributed by atoms with E-state index < -0.39 is 0 Å². The van der Waals surface area contributed by atoms with Gasteiger partial charge in [-0.25, -0.2) is 0 Å². The fraction of sp³-hybridized carbons (Fsp3) is 0.500. The molecule has 0 fully saturated rings. The Morgan fingerprint density at radius 3 is 2.88 bits per heavy atom. The zero-order valence-electron chi connectivity index (χ0n) is 9.04. The number of fused-ring (bicyclic) bond motifs is 1. The van der Waals surface area contributed by atoms with E-state index in [1.54, 1.807) is 0 Å². The number of ether oxygens (including phenoxy) is 2. The number of aliphatic hydroxyl groups excluding tert-OH is 1. The number of halogens is 1. The SMILES string of the molecule is OCCCc1c(Cl)ccc2c1OCCCO2. The van der Waals surface area contributed by atoms with Gasteiger partial charge >= 0.3 is 0 Å². The van der Waals surface area contributed by atoms with E-state index >= 15 is 0 Å². The molecule has 0 radical (unpaired) electrons. The van der Waals surface area contributed by atoms with Gasteiger partial charge in [-0.15, -0.1) is 0 Å². The van der Waals surface area contributed by atoms with Crippen LogP contribution in [0.2, 0.25) is 5.02 Å². The molecule has 4 heteroatoms. The molecule has 1 N–H and O–H groups in total. The van der Waals surface area contributed by atoms with E-state index in [1.165, 1.54) is 0 Å². The van der Waals surface area contributed by atoms with Crippen molar-refractivity contribution in [2.45, 2.75) is 19.3 Å². The first-order chi connectivity index (χ1) is 7.83. The van der Waals surface area contributed by atoms with Crippen LogP contribution in [-0.4, -0.2) is 24.9 Å². The minimum absolute atomic E-state index is 0.154. The molecule has 2 rings (SSSR count). The lowest BCUT2D eigenvalue weighted by Crippen LogP contribution is -2.00. The van der Waals surface area contributed by atoms with Gasteiger partial charge in [0.1, 0.15) is 0 Å². The van der Waals surface area contributed by atoms with Crippen molar-refractivity contribution in [1.82, 2.24) is 0 Å². The van der Waals surface area contributed by atoms with Crippen molar-refractivity contribution in [3.63, 3.8) is 0 Å². The molecule has 3 nitrogen and oxygen atoms in total. The van der Waals surface area contributed by atoms with Crippen LogP contribution in [0, 0.1) is 0 Å². The Morgan fingerprint density at radius 1 is 1.25 bits per heavy atom. The molecule has 0 unspecified atom stereocenters. The van der Waals surface area contributed by atoms with Crippen molar-refractivity contribution >= 4 is 11.6 Å². The quantitative estimate of drug-likeness (QED) is 0.885. The normalized spacial score (nSPS) is 14.6. The number of rotatable bonds is 3. The summed E-state index contributed by atoms with van der Waals surface area (Å²) in [6.45, 7) is 1.48. The maximum absolute atomic E-state index is 8.86. The second kappa shape index (κ2) is 5.41. The van der Waals surface area contributed by atoms with E-state index in [0.717, 1.165) is 23.5 Å². The highest BCUT2D eigenvalue weighted by Crippen LogP contribution is 2.38. The average Bonchev–Trinajstić information content (AvgIpc) is 2.53. The Hall–Kier alpha value is -0.930. The molecule has 0 aliphatic carbocycles. The molecule has 0 aromatic heterocycles. The molecule has 16 heavy (non-hydrogen) atoms. The topological polar surface area (TPSA) is 38.7 Å². The van der Waals surface area contributed by atoms with Crippen LogP contribution in [0.25, 0.3) is 0 Å². The zero-order valence-corrected chi connectivity index (χ0v) is 9.79. The third-order valence-electron chi connectivity index (χ3n) is 2.54. The maximum atomic E-state index is 8.86. The highest BCUT2D eigenvalue weighted by Gasteiger charge is 2.17. The third-order valence-corrected chi connectivity index (χ3v) is 2.90. The minimum atomic E-state index is 0.154. The maximum Gasteiger partial charge on any atom is 0.165 e. The Bertz CT molecular complexity index is 366. The molecular weight excluding hydrogens is 228 g/mol. The van der Waals surface area contributed by atoms with Crippen LogP contribution < -0.4 is 9.47 Å². The lowest BCUT2D eigenvalue weighted by Gasteiger charge is -2.13. The first-order valence-corrected chi connectivity index (χ1v) is 5.88. The first-order valence-electron chi connectivity index (χ1n) is 5.51. The van der Waals surface area contributed by atoms with Crippen LogP contribution in [0.15, 0.2) is 12.1 Å². The lowest BCUT2D eigenvalue weighted by molar-refractivity contribution is 0.285. The van der Waals surface area contributed by atoms with Gasteiger partial charge in [0, 0.05) is 23.6 Å². The average molecular weight is 243 g/mol. The van der Waals surface area contributed by atoms with Gasteiger partial charge in [0.15, 0.2) is 11.5 Å². The monoisotopic (exact) mass is 242 g/mol. The number of hydrogen-bond acceptors (Lipinski definition) is 3. The highest BCUT2D eigenvalue weighted by molar-refractivity contribution is 6.31. The Balaban J connectivity index is 2.32. The zero-order chi connectivity index (χ0) is 11.4. The smallest absolute Gasteiger partial charge is 0.165 e. The summed E-state index contributed by atoms with van der Waals surface area (Å²) in [5.41, 5.74) is 0.940. The van der Waals surface area contributed by atoms with Gasteiger partial charge in [-0.05, 0) is 25.0 Å². The molecule has 88 valence electrons. The van der Waals surface area contributed by atoms with Gasteiger partial charge in [-0.2, -0.15) is 0 Å². The van der Waals surface area contributed by atoms with Gasteiger partial charge in [-0.3, -0.25) is 0 Å². The fourth-order valence-electron chi connectivity index (χ4n) is 1.76. The van der Waals surface area contributed by atoms with Gasteiger partial charge < -0.3 is 14.6 Å². The molecule has 0 spiro atoms. The molecule has 0 atom stereocenters. The summed E-state index contributed by atoms with van der Waals surface area (Å²) < 4.78 is 11.2. The van der Waals surface area contributed by atoms with E-state index in [2.05, 4.69) is 0 Å². The van der Waals surface area contributed by atoms with Crippen LogP contribution in [0.5, 0.6) is 11.5 Å². The summed E-state index contributed by atoms with van der Waals surface area (Å²) in [5, 5.41) is 9.54. The lowest BCUT2D eigenvalue weighted by atomic mass is 10.1. The molecule has 0 saturated carbocycles. The summed E-state index contributed by atoms with van der Waals surface area (Å²) in [6, 6.07) is 3.66. The Kier molecular flexibility index (Phi) is 3.91. The van der Waals surface area contributed by atoms with Crippen LogP contribution in [-0.2, 0) is 6.42 Å². The van der Waals surface area contributed by atoms with Crippen molar-refractivity contribution in [2.24, 2.45) is 0 Å². The second-order valence-electron chi connectivity index (χ2n) is 3.73. The molecule has 0 bridgehead atoms. The molecule has 1 heterocycles. The van der Waals surface area contributed by atoms with Crippen LogP contribution in [0.4, 0.5) is 0 Å². The summed E-state index contributed by atoms with van der Waals surface area (Å²) in [5.74, 6) is 1.51. The summed E-state index contributed by atoms with van der Waals surface area (Å²) in [6.07, 6.45) is 2.27. The summed E-state index contributed by atoms with van der Waals surface area (Å²) in [7, 11) is 0. The van der Waals surface area contributed by atoms with E-state index in [-0.39, 0.29) is 6.61 Å². The molecule has 1 aromatic carbocycles. The molecule has 0 saturated heterocycles. The molecular formula is C12H15ClO3. The predicted molar refractivity (Wildman–Crippen MR) is 62.5 cm³/mol. The number of aliphatic hydroxyl groups is 1. The molecule has 1 aromatic rings. The van der Waals surface area contributed by atoms with Gasteiger partial charge in [0.25, 0.3) is 0 Å². The minimum Gasteiger partial charge on any atom is -0.490 e. The van der Waals surface area contributed by atoms with Gasteiger partial charge in [0.05, 0.1) is 13.2 Å². The van der Waals surface area contributed by atoms with Crippen molar-refractivity contribution in [3.05, 3.63) is 22.7 Å². The number of benzene rings is 1. The second-order valence-corrected chi connectivity index (χ2v) is 4.14. The fourth-order valence-corrected chi connectivity index (χ4v) is 2.00. The van der Waals surface area contributed by atoms with Crippen molar-refractivity contribution in [3.8, 4) is 11.5 Å². The van der Waals surface area contributed by atoms with E-state index in [9.17, 15) is 0 Å². The largest absolute Gasteiger partial charge is 0.490 e. The number of hydrogen-bond donors (Lipinski definition) is 1. The highest BCUT2D eigenvalue weighted by atomic mass is 35.5. The predicted octanol–water partition coefficient (Wildman–Crippen LogP) is 2.43. The molecule has 0 amide bonds. The first kappa shape index (κ1) is 11.6. The van der Waals surface area contributed by atoms with Crippen LogP contribution in [0.3, 0.4) is 0 Å². The Labute approximate surface area is 99.9 Å². The molecule has 1 aliphatic heterocycles. The van der Waals surface area contributed by atoms with Crippen molar-refractivity contribution < 1.29 is 14.6 Å². The van der Waals surface area contributed by atoms with Crippen LogP contribution in [0.1, 0.15) is 18.4 Å². The standard InChI is InChI=1S/C12H15ClO3/c13-10-4-5-11-12(9(10)3-1-6-14)16-8-2-7-15-11/h4-5,14H,1-3,6-8H2. The van der Waals surface area contributed by atoms with E-state index in [0.29, 0.717) is 31.1 Å². The van der Waals surface area contributed by atoms with Gasteiger partial charge in [0.2, 0.25) is 0 Å². The third kappa shape index (κ3) is 2.42. The summed E-state index contributed by atoms with van der Waals surface area (Å²) in [4.78, 5) is 0. The van der Waals surface area contributed by atoms with Crippen LogP contribution >= 0.6 is 11.6 Å². The van der Waals surface area contributed by atoms with Crippen molar-refractivity contribution in [2.75, 3.05) is 19.8 Å². The van der Waals surface area contributed by atoms with E-state index in [4.69, 9.17) is 26.2 Å². The summed E-state index contributed by atoms with van der Waals surface area (Å²) >= 11 is 6.13. The molecule has 1 aliphatic rings. The van der Waals surface area contributed by atoms with Crippen molar-refractivity contribution in [1.29, 1.82) is 0 Å².